The summed E-state index contributed by atoms with van der Waals surface area (Å²) in [5, 5.41) is 12.3. The van der Waals surface area contributed by atoms with Crippen molar-refractivity contribution in [3.8, 4) is 0 Å². The van der Waals surface area contributed by atoms with E-state index < -0.39 is 5.97 Å². The minimum Gasteiger partial charge on any atom is -0.478 e. The van der Waals surface area contributed by atoms with Crippen LogP contribution in [0.4, 0.5) is 0 Å². The summed E-state index contributed by atoms with van der Waals surface area (Å²) in [7, 11) is 0. The zero-order valence-electron chi connectivity index (χ0n) is 11.7. The first-order valence-electron chi connectivity index (χ1n) is 7.09. The first-order valence-corrected chi connectivity index (χ1v) is 7.09. The molecule has 20 heavy (non-hydrogen) atoms. The Morgan fingerprint density at radius 1 is 1.35 bits per heavy atom. The maximum Gasteiger partial charge on any atom is 0.335 e. The molecule has 1 aromatic carbocycles. The molecule has 1 fully saturated rings. The minimum absolute atomic E-state index is 0.345. The van der Waals surface area contributed by atoms with E-state index in [0.717, 1.165) is 51.4 Å². The van der Waals surface area contributed by atoms with E-state index in [4.69, 9.17) is 9.84 Å². The number of morpholine rings is 1. The van der Waals surface area contributed by atoms with E-state index >= 15 is 0 Å². The molecule has 0 atom stereocenters. The lowest BCUT2D eigenvalue weighted by molar-refractivity contribution is 0.0374. The van der Waals surface area contributed by atoms with Gasteiger partial charge in [0.1, 0.15) is 0 Å². The summed E-state index contributed by atoms with van der Waals surface area (Å²) in [6.45, 7) is 6.48. The molecule has 2 N–H and O–H groups in total. The highest BCUT2D eigenvalue weighted by Gasteiger charge is 2.09. The molecule has 1 aliphatic rings. The van der Waals surface area contributed by atoms with E-state index in [1.165, 1.54) is 0 Å². The predicted molar refractivity (Wildman–Crippen MR) is 77.0 cm³/mol. The second-order valence-corrected chi connectivity index (χ2v) is 4.99. The quantitative estimate of drug-likeness (QED) is 0.734. The molecule has 0 radical (unpaired) electrons. The van der Waals surface area contributed by atoms with Crippen molar-refractivity contribution in [1.82, 2.24) is 10.2 Å². The Morgan fingerprint density at radius 3 is 2.90 bits per heavy atom. The second kappa shape index (κ2) is 7.99. The van der Waals surface area contributed by atoms with Gasteiger partial charge in [-0.1, -0.05) is 12.1 Å². The van der Waals surface area contributed by atoms with E-state index in [1.54, 1.807) is 18.2 Å². The van der Waals surface area contributed by atoms with Crippen LogP contribution in [-0.4, -0.2) is 55.4 Å². The molecule has 1 saturated heterocycles. The van der Waals surface area contributed by atoms with Gasteiger partial charge < -0.3 is 15.2 Å². The maximum atomic E-state index is 10.9. The molecule has 110 valence electrons. The summed E-state index contributed by atoms with van der Waals surface area (Å²) in [5.74, 6) is -0.876. The zero-order chi connectivity index (χ0) is 14.2. The number of carboxylic acids is 1. The molecule has 1 heterocycles. The van der Waals surface area contributed by atoms with E-state index in [1.807, 2.05) is 6.07 Å². The Hall–Kier alpha value is -1.43. The van der Waals surface area contributed by atoms with Gasteiger partial charge in [0.2, 0.25) is 0 Å². The Balaban J connectivity index is 1.63. The highest BCUT2D eigenvalue weighted by molar-refractivity contribution is 5.87. The number of aromatic carboxylic acids is 1. The summed E-state index contributed by atoms with van der Waals surface area (Å²) in [6, 6.07) is 7.07. The minimum atomic E-state index is -0.876. The van der Waals surface area contributed by atoms with Gasteiger partial charge in [0, 0.05) is 19.6 Å². The molecule has 0 bridgehead atoms. The van der Waals surface area contributed by atoms with Crippen molar-refractivity contribution in [2.75, 3.05) is 39.4 Å². The standard InChI is InChI=1S/C15H22N2O3/c18-15(19)14-4-1-3-13(11-14)12-16-5-2-6-17-7-9-20-10-8-17/h1,3-4,11,16H,2,5-10,12H2,(H,18,19). The lowest BCUT2D eigenvalue weighted by Gasteiger charge is -2.26. The lowest BCUT2D eigenvalue weighted by Crippen LogP contribution is -2.37. The van der Waals surface area contributed by atoms with E-state index in [2.05, 4.69) is 10.2 Å². The van der Waals surface area contributed by atoms with E-state index in [9.17, 15) is 4.79 Å². The molecule has 0 saturated carbocycles. The normalized spacial score (nSPS) is 16.2. The number of hydrogen-bond acceptors (Lipinski definition) is 4. The molecule has 0 spiro atoms. The van der Waals surface area contributed by atoms with Gasteiger partial charge in [-0.05, 0) is 37.2 Å². The Bertz CT molecular complexity index is 431. The van der Waals surface area contributed by atoms with Crippen LogP contribution >= 0.6 is 0 Å². The van der Waals surface area contributed by atoms with Crippen LogP contribution in [0.15, 0.2) is 24.3 Å². The van der Waals surface area contributed by atoms with Gasteiger partial charge in [0.15, 0.2) is 0 Å². The first-order chi connectivity index (χ1) is 9.75. The van der Waals surface area contributed by atoms with Crippen LogP contribution in [0, 0.1) is 0 Å². The van der Waals surface area contributed by atoms with Gasteiger partial charge >= 0.3 is 5.97 Å². The van der Waals surface area contributed by atoms with Crippen molar-refractivity contribution in [2.24, 2.45) is 0 Å². The largest absolute Gasteiger partial charge is 0.478 e. The van der Waals surface area contributed by atoms with Crippen LogP contribution in [0.3, 0.4) is 0 Å². The third-order valence-electron chi connectivity index (χ3n) is 3.43. The van der Waals surface area contributed by atoms with Crippen LogP contribution in [0.2, 0.25) is 0 Å². The fourth-order valence-electron chi connectivity index (χ4n) is 2.30. The molecular formula is C15H22N2O3. The SMILES string of the molecule is O=C(O)c1cccc(CNCCCN2CCOCC2)c1. The van der Waals surface area contributed by atoms with Crippen molar-refractivity contribution < 1.29 is 14.6 Å². The monoisotopic (exact) mass is 278 g/mol. The molecule has 0 unspecified atom stereocenters. The lowest BCUT2D eigenvalue weighted by atomic mass is 10.1. The average Bonchev–Trinajstić information content (AvgIpc) is 2.48. The van der Waals surface area contributed by atoms with E-state index in [-0.39, 0.29) is 0 Å². The number of rotatable bonds is 7. The topological polar surface area (TPSA) is 61.8 Å². The average molecular weight is 278 g/mol. The van der Waals surface area contributed by atoms with Crippen molar-refractivity contribution >= 4 is 5.97 Å². The molecule has 2 rings (SSSR count). The number of ether oxygens (including phenoxy) is 1. The molecule has 0 aromatic heterocycles. The Kier molecular flexibility index (Phi) is 5.98. The van der Waals surface area contributed by atoms with Crippen molar-refractivity contribution in [3.05, 3.63) is 35.4 Å². The molecule has 1 aromatic rings. The van der Waals surface area contributed by atoms with Crippen LogP contribution in [0.5, 0.6) is 0 Å². The summed E-state index contributed by atoms with van der Waals surface area (Å²) < 4.78 is 5.31. The van der Waals surface area contributed by atoms with Crippen molar-refractivity contribution in [2.45, 2.75) is 13.0 Å². The Morgan fingerprint density at radius 2 is 2.15 bits per heavy atom. The van der Waals surface area contributed by atoms with Gasteiger partial charge in [-0.3, -0.25) is 4.90 Å². The number of carboxylic acid groups (broad SMARTS) is 1. The summed E-state index contributed by atoms with van der Waals surface area (Å²) in [4.78, 5) is 13.3. The first kappa shape index (κ1) is 15.0. The van der Waals surface area contributed by atoms with Gasteiger partial charge in [-0.15, -0.1) is 0 Å². The number of benzene rings is 1. The van der Waals surface area contributed by atoms with Gasteiger partial charge in [-0.2, -0.15) is 0 Å². The number of hydrogen-bond donors (Lipinski definition) is 2. The number of nitrogens with zero attached hydrogens (tertiary/aromatic N) is 1. The van der Waals surface area contributed by atoms with Crippen molar-refractivity contribution in [3.63, 3.8) is 0 Å². The molecule has 5 nitrogen and oxygen atoms in total. The van der Waals surface area contributed by atoms with Gasteiger partial charge in [0.25, 0.3) is 0 Å². The maximum absolute atomic E-state index is 10.9. The summed E-state index contributed by atoms with van der Waals surface area (Å²) >= 11 is 0. The van der Waals surface area contributed by atoms with Gasteiger partial charge in [-0.25, -0.2) is 4.79 Å². The van der Waals surface area contributed by atoms with Crippen molar-refractivity contribution in [1.29, 1.82) is 0 Å². The highest BCUT2D eigenvalue weighted by Crippen LogP contribution is 2.05. The molecule has 1 aliphatic heterocycles. The number of nitrogens with one attached hydrogen (secondary N) is 1. The van der Waals surface area contributed by atoms with E-state index in [0.29, 0.717) is 12.1 Å². The smallest absolute Gasteiger partial charge is 0.335 e. The van der Waals surface area contributed by atoms with Crippen LogP contribution in [0.25, 0.3) is 0 Å². The Labute approximate surface area is 119 Å². The zero-order valence-corrected chi connectivity index (χ0v) is 11.7. The van der Waals surface area contributed by atoms with Crippen LogP contribution in [0.1, 0.15) is 22.3 Å². The fourth-order valence-corrected chi connectivity index (χ4v) is 2.30. The summed E-state index contributed by atoms with van der Waals surface area (Å²) in [6.07, 6.45) is 1.10. The second-order valence-electron chi connectivity index (χ2n) is 4.99. The summed E-state index contributed by atoms with van der Waals surface area (Å²) in [5.41, 5.74) is 1.36. The molecule has 0 amide bonds. The number of carbonyl (C=O) groups is 1. The van der Waals surface area contributed by atoms with Crippen LogP contribution in [-0.2, 0) is 11.3 Å². The third kappa shape index (κ3) is 4.92. The molecule has 5 heteroatoms. The van der Waals surface area contributed by atoms with Gasteiger partial charge in [0.05, 0.1) is 18.8 Å². The van der Waals surface area contributed by atoms with Crippen LogP contribution < -0.4 is 5.32 Å². The highest BCUT2D eigenvalue weighted by atomic mass is 16.5. The predicted octanol–water partition coefficient (Wildman–Crippen LogP) is 1.20. The third-order valence-corrected chi connectivity index (χ3v) is 3.43. The molecular weight excluding hydrogens is 256 g/mol. The fraction of sp³-hybridized carbons (Fsp3) is 0.533. The molecule has 0 aliphatic carbocycles.